The van der Waals surface area contributed by atoms with E-state index in [-0.39, 0.29) is 17.9 Å². The first-order valence-electron chi connectivity index (χ1n) is 6.51. The van der Waals surface area contributed by atoms with E-state index >= 15 is 0 Å². The van der Waals surface area contributed by atoms with Gasteiger partial charge in [0.05, 0.1) is 6.61 Å². The predicted octanol–water partition coefficient (Wildman–Crippen LogP) is 1.93. The summed E-state index contributed by atoms with van der Waals surface area (Å²) >= 11 is 0. The normalized spacial score (nSPS) is 11.7. The zero-order chi connectivity index (χ0) is 14.1. The molecule has 5 nitrogen and oxygen atoms in total. The number of aromatic nitrogens is 1. The molecule has 1 atom stereocenters. The average Bonchev–Trinajstić information content (AvgIpc) is 2.40. The minimum absolute atomic E-state index is 0.00364. The largest absolute Gasteiger partial charge is 0.466 e. The van der Waals surface area contributed by atoms with Crippen molar-refractivity contribution in [2.45, 2.75) is 39.2 Å². The highest BCUT2D eigenvalue weighted by Gasteiger charge is 2.11. The first kappa shape index (κ1) is 15.1. The molecule has 1 heterocycles. The van der Waals surface area contributed by atoms with E-state index in [9.17, 15) is 9.59 Å². The van der Waals surface area contributed by atoms with E-state index in [1.165, 1.54) is 0 Å². The van der Waals surface area contributed by atoms with Crippen molar-refractivity contribution in [1.29, 1.82) is 0 Å². The number of hydrogen-bond donors (Lipinski definition) is 1. The van der Waals surface area contributed by atoms with Crippen LogP contribution >= 0.6 is 0 Å². The summed E-state index contributed by atoms with van der Waals surface area (Å²) in [6.45, 7) is 4.10. The van der Waals surface area contributed by atoms with Crippen LogP contribution in [0.5, 0.6) is 0 Å². The maximum Gasteiger partial charge on any atom is 0.305 e. The van der Waals surface area contributed by atoms with E-state index in [0.717, 1.165) is 6.42 Å². The molecular weight excluding hydrogens is 244 g/mol. The molecular formula is C14H20N2O3. The minimum Gasteiger partial charge on any atom is -0.466 e. The molecule has 5 heteroatoms. The van der Waals surface area contributed by atoms with E-state index < -0.39 is 0 Å². The smallest absolute Gasteiger partial charge is 0.305 e. The summed E-state index contributed by atoms with van der Waals surface area (Å²) in [7, 11) is 0. The summed E-state index contributed by atoms with van der Waals surface area (Å²) in [4.78, 5) is 26.9. The standard InChI is InChI=1S/C14H20N2O3/c1-3-19-13(17)9-6-7-11(2)16-14(18)12-8-4-5-10-15-12/h4-5,8,10-11H,3,6-7,9H2,1-2H3,(H,16,18). The molecule has 0 aliphatic heterocycles. The predicted molar refractivity (Wildman–Crippen MR) is 71.6 cm³/mol. The first-order chi connectivity index (χ1) is 9.13. The molecule has 0 fully saturated rings. The molecule has 0 aliphatic rings. The van der Waals surface area contributed by atoms with Gasteiger partial charge in [-0.3, -0.25) is 14.6 Å². The van der Waals surface area contributed by atoms with Crippen LogP contribution < -0.4 is 5.32 Å². The van der Waals surface area contributed by atoms with Crippen molar-refractivity contribution in [1.82, 2.24) is 10.3 Å². The number of ether oxygens (including phenoxy) is 1. The number of amides is 1. The number of hydrogen-bond acceptors (Lipinski definition) is 4. The van der Waals surface area contributed by atoms with Crippen molar-refractivity contribution >= 4 is 11.9 Å². The molecule has 104 valence electrons. The van der Waals surface area contributed by atoms with E-state index in [1.807, 2.05) is 6.92 Å². The zero-order valence-corrected chi connectivity index (χ0v) is 11.4. The van der Waals surface area contributed by atoms with Crippen LogP contribution in [0.2, 0.25) is 0 Å². The van der Waals surface area contributed by atoms with Gasteiger partial charge in [0, 0.05) is 18.7 Å². The van der Waals surface area contributed by atoms with Gasteiger partial charge in [-0.15, -0.1) is 0 Å². The lowest BCUT2D eigenvalue weighted by atomic mass is 10.1. The highest BCUT2D eigenvalue weighted by molar-refractivity contribution is 5.92. The first-order valence-corrected chi connectivity index (χ1v) is 6.51. The molecule has 0 aromatic carbocycles. The van der Waals surface area contributed by atoms with Crippen LogP contribution in [0.4, 0.5) is 0 Å². The molecule has 1 N–H and O–H groups in total. The van der Waals surface area contributed by atoms with Gasteiger partial charge in [0.2, 0.25) is 0 Å². The van der Waals surface area contributed by atoms with E-state index in [4.69, 9.17) is 4.74 Å². The number of carbonyl (C=O) groups excluding carboxylic acids is 2. The molecule has 1 rings (SSSR count). The Bertz CT molecular complexity index is 406. The number of carbonyl (C=O) groups is 2. The van der Waals surface area contributed by atoms with Gasteiger partial charge in [-0.1, -0.05) is 6.07 Å². The number of esters is 1. The van der Waals surface area contributed by atoms with Crippen molar-refractivity contribution in [2.24, 2.45) is 0 Å². The van der Waals surface area contributed by atoms with Crippen molar-refractivity contribution in [3.63, 3.8) is 0 Å². The minimum atomic E-state index is -0.191. The Kier molecular flexibility index (Phi) is 6.57. The van der Waals surface area contributed by atoms with E-state index in [2.05, 4.69) is 10.3 Å². The van der Waals surface area contributed by atoms with E-state index in [0.29, 0.717) is 25.1 Å². The Labute approximate surface area is 113 Å². The van der Waals surface area contributed by atoms with Crippen LogP contribution in [0, 0.1) is 0 Å². The third-order valence-corrected chi connectivity index (χ3v) is 2.60. The molecule has 1 amide bonds. The van der Waals surface area contributed by atoms with Crippen LogP contribution in [0.15, 0.2) is 24.4 Å². The zero-order valence-electron chi connectivity index (χ0n) is 11.4. The second-order valence-corrected chi connectivity index (χ2v) is 4.29. The lowest BCUT2D eigenvalue weighted by molar-refractivity contribution is -0.143. The SMILES string of the molecule is CCOC(=O)CCCC(C)NC(=O)c1ccccn1. The Balaban J connectivity index is 2.26. The van der Waals surface area contributed by atoms with Crippen LogP contribution in [0.1, 0.15) is 43.6 Å². The second kappa shape index (κ2) is 8.24. The van der Waals surface area contributed by atoms with Gasteiger partial charge in [0.15, 0.2) is 0 Å². The van der Waals surface area contributed by atoms with Gasteiger partial charge in [-0.2, -0.15) is 0 Å². The molecule has 1 aromatic rings. The Hall–Kier alpha value is -1.91. The lowest BCUT2D eigenvalue weighted by Gasteiger charge is -2.13. The third kappa shape index (κ3) is 5.99. The fraction of sp³-hybridized carbons (Fsp3) is 0.500. The topological polar surface area (TPSA) is 68.3 Å². The number of pyridine rings is 1. The summed E-state index contributed by atoms with van der Waals surface area (Å²) in [5, 5.41) is 2.85. The number of nitrogens with one attached hydrogen (secondary N) is 1. The molecule has 0 radical (unpaired) electrons. The maximum absolute atomic E-state index is 11.8. The molecule has 1 unspecified atom stereocenters. The van der Waals surface area contributed by atoms with Crippen molar-refractivity contribution in [2.75, 3.05) is 6.61 Å². The van der Waals surface area contributed by atoms with Crippen molar-refractivity contribution in [3.05, 3.63) is 30.1 Å². The lowest BCUT2D eigenvalue weighted by Crippen LogP contribution is -2.33. The highest BCUT2D eigenvalue weighted by Crippen LogP contribution is 2.03. The molecule has 0 bridgehead atoms. The fourth-order valence-electron chi connectivity index (χ4n) is 1.65. The van der Waals surface area contributed by atoms with Crippen molar-refractivity contribution < 1.29 is 14.3 Å². The monoisotopic (exact) mass is 264 g/mol. The fourth-order valence-corrected chi connectivity index (χ4v) is 1.65. The number of rotatable bonds is 7. The highest BCUT2D eigenvalue weighted by atomic mass is 16.5. The maximum atomic E-state index is 11.8. The molecule has 19 heavy (non-hydrogen) atoms. The summed E-state index contributed by atoms with van der Waals surface area (Å²) < 4.78 is 4.84. The van der Waals surface area contributed by atoms with Gasteiger partial charge >= 0.3 is 5.97 Å². The second-order valence-electron chi connectivity index (χ2n) is 4.29. The molecule has 1 aromatic heterocycles. The van der Waals surface area contributed by atoms with Crippen LogP contribution in [-0.2, 0) is 9.53 Å². The molecule has 0 saturated carbocycles. The summed E-state index contributed by atoms with van der Waals surface area (Å²) in [5.74, 6) is -0.380. The third-order valence-electron chi connectivity index (χ3n) is 2.60. The Morgan fingerprint density at radius 2 is 2.21 bits per heavy atom. The molecule has 0 aliphatic carbocycles. The average molecular weight is 264 g/mol. The Morgan fingerprint density at radius 3 is 2.84 bits per heavy atom. The van der Waals surface area contributed by atoms with Crippen LogP contribution in [-0.4, -0.2) is 29.5 Å². The summed E-state index contributed by atoms with van der Waals surface area (Å²) in [6.07, 6.45) is 3.40. The van der Waals surface area contributed by atoms with Crippen molar-refractivity contribution in [3.8, 4) is 0 Å². The van der Waals surface area contributed by atoms with Gasteiger partial charge in [-0.25, -0.2) is 0 Å². The summed E-state index contributed by atoms with van der Waals surface area (Å²) in [6, 6.07) is 5.21. The summed E-state index contributed by atoms with van der Waals surface area (Å²) in [5.41, 5.74) is 0.403. The number of nitrogens with zero attached hydrogens (tertiary/aromatic N) is 1. The van der Waals surface area contributed by atoms with Gasteiger partial charge in [0.25, 0.3) is 5.91 Å². The van der Waals surface area contributed by atoms with Crippen LogP contribution in [0.25, 0.3) is 0 Å². The molecule has 0 saturated heterocycles. The van der Waals surface area contributed by atoms with Gasteiger partial charge in [-0.05, 0) is 38.8 Å². The van der Waals surface area contributed by atoms with Gasteiger partial charge in [0.1, 0.15) is 5.69 Å². The van der Waals surface area contributed by atoms with Crippen LogP contribution in [0.3, 0.4) is 0 Å². The Morgan fingerprint density at radius 1 is 1.42 bits per heavy atom. The van der Waals surface area contributed by atoms with E-state index in [1.54, 1.807) is 31.3 Å². The molecule has 0 spiro atoms. The quantitative estimate of drug-likeness (QED) is 0.764. The van der Waals surface area contributed by atoms with Gasteiger partial charge < -0.3 is 10.1 Å².